The van der Waals surface area contributed by atoms with Crippen LogP contribution in [0.25, 0.3) is 16.9 Å². The quantitative estimate of drug-likeness (QED) is 0.304. The van der Waals surface area contributed by atoms with Gasteiger partial charge in [0.15, 0.2) is 11.3 Å². The molecule has 0 saturated heterocycles. The fraction of sp³-hybridized carbons (Fsp3) is 0.120. The van der Waals surface area contributed by atoms with Gasteiger partial charge in [0.05, 0.1) is 18.5 Å². The van der Waals surface area contributed by atoms with Crippen molar-refractivity contribution in [3.8, 4) is 22.7 Å². The van der Waals surface area contributed by atoms with Crippen LogP contribution in [0.2, 0.25) is 5.15 Å². The fourth-order valence-electron chi connectivity index (χ4n) is 3.19. The predicted molar refractivity (Wildman–Crippen MR) is 128 cm³/mol. The van der Waals surface area contributed by atoms with Gasteiger partial charge in [-0.15, -0.1) is 0 Å². The van der Waals surface area contributed by atoms with Gasteiger partial charge in [0, 0.05) is 18.0 Å². The SMILES string of the molecule is COc1ccc(-c2nn(-c3ccccc3)cc2C(=O)OC(C)C(=O)Nc2cccnc2Cl)cc1. The van der Waals surface area contributed by atoms with Gasteiger partial charge in [-0.3, -0.25) is 4.79 Å². The van der Waals surface area contributed by atoms with Crippen LogP contribution >= 0.6 is 11.6 Å². The fourth-order valence-corrected chi connectivity index (χ4v) is 3.36. The van der Waals surface area contributed by atoms with Crippen molar-refractivity contribution < 1.29 is 19.1 Å². The van der Waals surface area contributed by atoms with Gasteiger partial charge in [0.25, 0.3) is 5.91 Å². The lowest BCUT2D eigenvalue weighted by molar-refractivity contribution is -0.123. The van der Waals surface area contributed by atoms with Crippen molar-refractivity contribution in [3.05, 3.63) is 89.8 Å². The molecule has 0 aliphatic carbocycles. The molecule has 1 unspecified atom stereocenters. The molecule has 1 N–H and O–H groups in total. The minimum absolute atomic E-state index is 0.139. The summed E-state index contributed by atoms with van der Waals surface area (Å²) in [7, 11) is 1.58. The van der Waals surface area contributed by atoms with E-state index in [0.717, 1.165) is 5.69 Å². The van der Waals surface area contributed by atoms with Gasteiger partial charge >= 0.3 is 5.97 Å². The lowest BCUT2D eigenvalue weighted by atomic mass is 10.1. The first-order valence-corrected chi connectivity index (χ1v) is 10.8. The van der Waals surface area contributed by atoms with Crippen LogP contribution in [0.5, 0.6) is 5.75 Å². The summed E-state index contributed by atoms with van der Waals surface area (Å²) >= 11 is 5.99. The Morgan fingerprint density at radius 1 is 1.03 bits per heavy atom. The van der Waals surface area contributed by atoms with Crippen molar-refractivity contribution in [2.24, 2.45) is 0 Å². The number of esters is 1. The number of pyridine rings is 1. The molecule has 4 aromatic rings. The summed E-state index contributed by atoms with van der Waals surface area (Å²) in [5, 5.41) is 7.36. The number of carbonyl (C=O) groups excluding carboxylic acids is 2. The number of anilines is 1. The standard InChI is InChI=1S/C25H21ClN4O4/c1-16(24(31)28-21-9-6-14-27-23(21)26)34-25(32)20-15-30(18-7-4-3-5-8-18)29-22(20)17-10-12-19(33-2)13-11-17/h3-16H,1-2H3,(H,28,31). The molecule has 0 aliphatic rings. The second kappa shape index (κ2) is 10.2. The van der Waals surface area contributed by atoms with Crippen LogP contribution in [0.3, 0.4) is 0 Å². The van der Waals surface area contributed by atoms with Gasteiger partial charge in [-0.1, -0.05) is 29.8 Å². The van der Waals surface area contributed by atoms with Crippen molar-refractivity contribution in [1.82, 2.24) is 14.8 Å². The van der Waals surface area contributed by atoms with Gasteiger partial charge in [0.2, 0.25) is 0 Å². The van der Waals surface area contributed by atoms with Crippen LogP contribution in [0.4, 0.5) is 5.69 Å². The third-order valence-corrected chi connectivity index (χ3v) is 5.29. The minimum Gasteiger partial charge on any atom is -0.497 e. The largest absolute Gasteiger partial charge is 0.497 e. The van der Waals surface area contributed by atoms with Crippen molar-refractivity contribution >= 4 is 29.2 Å². The molecule has 172 valence electrons. The van der Waals surface area contributed by atoms with Gasteiger partial charge in [0.1, 0.15) is 17.0 Å². The van der Waals surface area contributed by atoms with Crippen LogP contribution in [0.1, 0.15) is 17.3 Å². The Labute approximate surface area is 201 Å². The zero-order valence-electron chi connectivity index (χ0n) is 18.4. The first-order chi connectivity index (χ1) is 16.5. The molecule has 4 rings (SSSR count). The highest BCUT2D eigenvalue weighted by atomic mass is 35.5. The molecule has 8 nitrogen and oxygen atoms in total. The number of hydrogen-bond donors (Lipinski definition) is 1. The van der Waals surface area contributed by atoms with Crippen LogP contribution in [0.15, 0.2) is 79.1 Å². The van der Waals surface area contributed by atoms with Crippen LogP contribution < -0.4 is 10.1 Å². The molecule has 0 spiro atoms. The number of aromatic nitrogens is 3. The Balaban J connectivity index is 1.61. The number of carbonyl (C=O) groups is 2. The first-order valence-electron chi connectivity index (χ1n) is 10.4. The van der Waals surface area contributed by atoms with E-state index in [9.17, 15) is 9.59 Å². The molecule has 1 amide bonds. The third kappa shape index (κ3) is 5.07. The number of amides is 1. The maximum Gasteiger partial charge on any atom is 0.342 e. The van der Waals surface area contributed by atoms with E-state index in [2.05, 4.69) is 15.4 Å². The summed E-state index contributed by atoms with van der Waals surface area (Å²) in [6.07, 6.45) is 2.00. The van der Waals surface area contributed by atoms with Gasteiger partial charge < -0.3 is 14.8 Å². The monoisotopic (exact) mass is 476 g/mol. The van der Waals surface area contributed by atoms with Crippen LogP contribution in [-0.4, -0.2) is 39.9 Å². The molecule has 2 aromatic carbocycles. The van der Waals surface area contributed by atoms with E-state index in [1.54, 1.807) is 54.4 Å². The van der Waals surface area contributed by atoms with Crippen molar-refractivity contribution in [2.75, 3.05) is 12.4 Å². The lowest BCUT2D eigenvalue weighted by Crippen LogP contribution is -2.30. The topological polar surface area (TPSA) is 95.3 Å². The van der Waals surface area contributed by atoms with Crippen molar-refractivity contribution in [2.45, 2.75) is 13.0 Å². The molecule has 2 aromatic heterocycles. The molecule has 0 bridgehead atoms. The van der Waals surface area contributed by atoms with E-state index < -0.39 is 18.0 Å². The normalized spacial score (nSPS) is 11.5. The van der Waals surface area contributed by atoms with Crippen molar-refractivity contribution in [1.29, 1.82) is 0 Å². The lowest BCUT2D eigenvalue weighted by Gasteiger charge is -2.14. The molecule has 2 heterocycles. The highest BCUT2D eigenvalue weighted by molar-refractivity contribution is 6.32. The molecule has 0 radical (unpaired) electrons. The van der Waals surface area contributed by atoms with E-state index in [0.29, 0.717) is 22.7 Å². The second-order valence-corrected chi connectivity index (χ2v) is 7.64. The summed E-state index contributed by atoms with van der Waals surface area (Å²) in [6.45, 7) is 1.48. The maximum atomic E-state index is 13.1. The van der Waals surface area contributed by atoms with Gasteiger partial charge in [-0.25, -0.2) is 14.5 Å². The Morgan fingerprint density at radius 2 is 1.76 bits per heavy atom. The number of para-hydroxylation sites is 1. The Hall–Kier alpha value is -4.17. The van der Waals surface area contributed by atoms with E-state index in [4.69, 9.17) is 21.1 Å². The average Bonchev–Trinajstić information content (AvgIpc) is 3.32. The average molecular weight is 477 g/mol. The zero-order chi connectivity index (χ0) is 24.1. The van der Waals surface area contributed by atoms with Crippen molar-refractivity contribution in [3.63, 3.8) is 0 Å². The molecule has 1 atom stereocenters. The molecular formula is C25H21ClN4O4. The number of halogens is 1. The number of ether oxygens (including phenoxy) is 2. The molecule has 0 fully saturated rings. The zero-order valence-corrected chi connectivity index (χ0v) is 19.2. The van der Waals surface area contributed by atoms with Gasteiger partial charge in [-0.2, -0.15) is 5.10 Å². The van der Waals surface area contributed by atoms with Crippen LogP contribution in [0, 0.1) is 0 Å². The van der Waals surface area contributed by atoms with E-state index in [-0.39, 0.29) is 10.7 Å². The molecular weight excluding hydrogens is 456 g/mol. The molecule has 34 heavy (non-hydrogen) atoms. The summed E-state index contributed by atoms with van der Waals surface area (Å²) < 4.78 is 12.3. The number of methoxy groups -OCH3 is 1. The number of nitrogens with zero attached hydrogens (tertiary/aromatic N) is 3. The summed E-state index contributed by atoms with van der Waals surface area (Å²) in [5.41, 5.74) is 2.43. The maximum absolute atomic E-state index is 13.1. The van der Waals surface area contributed by atoms with Crippen LogP contribution in [-0.2, 0) is 9.53 Å². The number of hydrogen-bond acceptors (Lipinski definition) is 6. The van der Waals surface area contributed by atoms with E-state index >= 15 is 0 Å². The summed E-state index contributed by atoms with van der Waals surface area (Å²) in [6, 6.07) is 19.8. The first kappa shape index (κ1) is 23.0. The second-order valence-electron chi connectivity index (χ2n) is 7.28. The number of rotatable bonds is 7. The third-order valence-electron chi connectivity index (χ3n) is 4.99. The Morgan fingerprint density at radius 3 is 2.44 bits per heavy atom. The highest BCUT2D eigenvalue weighted by Crippen LogP contribution is 2.27. The number of nitrogens with one attached hydrogen (secondary N) is 1. The summed E-state index contributed by atoms with van der Waals surface area (Å²) in [5.74, 6) is -0.549. The predicted octanol–water partition coefficient (Wildman–Crippen LogP) is 4.78. The minimum atomic E-state index is -1.09. The highest BCUT2D eigenvalue weighted by Gasteiger charge is 2.25. The smallest absolute Gasteiger partial charge is 0.342 e. The van der Waals surface area contributed by atoms with E-state index in [1.807, 2.05) is 30.3 Å². The molecule has 9 heteroatoms. The Bertz CT molecular complexity index is 1310. The number of benzene rings is 2. The molecule has 0 aliphatic heterocycles. The van der Waals surface area contributed by atoms with Gasteiger partial charge in [-0.05, 0) is 55.5 Å². The van der Waals surface area contributed by atoms with E-state index in [1.165, 1.54) is 13.1 Å². The summed E-state index contributed by atoms with van der Waals surface area (Å²) in [4.78, 5) is 29.6. The molecule has 0 saturated carbocycles. The Kier molecular flexibility index (Phi) is 6.89.